The lowest BCUT2D eigenvalue weighted by atomic mass is 9.81. The fraction of sp³-hybridized carbons (Fsp3) is 0.417. The monoisotopic (exact) mass is 249 g/mol. The third kappa shape index (κ3) is 5.28. The lowest BCUT2D eigenvalue weighted by molar-refractivity contribution is -0.120. The van der Waals surface area contributed by atoms with Crippen molar-refractivity contribution in [2.75, 3.05) is 11.6 Å². The normalized spacial score (nSPS) is 21.3. The minimum atomic E-state index is -0.0650. The number of hydrogen-bond acceptors (Lipinski definition) is 3. The van der Waals surface area contributed by atoms with Gasteiger partial charge < -0.3 is 5.23 Å². The van der Waals surface area contributed by atoms with Gasteiger partial charge in [-0.3, -0.25) is 10.1 Å². The van der Waals surface area contributed by atoms with Crippen molar-refractivity contribution in [1.82, 2.24) is 10.5 Å². The van der Waals surface area contributed by atoms with Crippen LogP contribution in [-0.4, -0.2) is 31.0 Å². The van der Waals surface area contributed by atoms with Gasteiger partial charge in [0.05, 0.1) is 6.04 Å². The van der Waals surface area contributed by atoms with Crippen LogP contribution in [0.3, 0.4) is 0 Å². The fourth-order valence-corrected chi connectivity index (χ4v) is 2.31. The summed E-state index contributed by atoms with van der Waals surface area (Å²) in [4.78, 5) is 11.7. The molecule has 0 bridgehead atoms. The molecule has 0 spiro atoms. The Morgan fingerprint density at radius 1 is 1.47 bits per heavy atom. The highest BCUT2D eigenvalue weighted by atomic mass is 32.2. The summed E-state index contributed by atoms with van der Waals surface area (Å²) in [5, 5.41) is 5.96. The van der Waals surface area contributed by atoms with Crippen molar-refractivity contribution in [2.24, 2.45) is 0 Å². The predicted molar refractivity (Wildman–Crippen MR) is 75.9 cm³/mol. The molecule has 1 radical (unpaired) electrons. The molecule has 1 heterocycles. The molecule has 1 atom stereocenters. The average molecular weight is 249 g/mol. The van der Waals surface area contributed by atoms with Gasteiger partial charge in [-0.1, -0.05) is 35.9 Å². The molecule has 0 saturated carbocycles. The standard InChI is InChI=1S/C12H18BN2OS/c1-3-5-7-10(6-4-2)13-15-12(16)11-8-17-9-14-11/h3-7,11,14H,8-9H2,1-2H3,(H,15,16)/b5-3-,6-4-,10-7+/t11-/m1/s1. The molecule has 2 N–H and O–H groups in total. The van der Waals surface area contributed by atoms with Crippen molar-refractivity contribution in [3.8, 4) is 0 Å². The fourth-order valence-electron chi connectivity index (χ4n) is 1.37. The van der Waals surface area contributed by atoms with Crippen LogP contribution in [0.4, 0.5) is 0 Å². The van der Waals surface area contributed by atoms with Gasteiger partial charge in [0.15, 0.2) is 0 Å². The van der Waals surface area contributed by atoms with Crippen LogP contribution < -0.4 is 10.5 Å². The Hall–Kier alpha value is -0.935. The van der Waals surface area contributed by atoms with Crippen molar-refractivity contribution in [2.45, 2.75) is 19.9 Å². The molecule has 0 aromatic carbocycles. The molecule has 1 aliphatic rings. The van der Waals surface area contributed by atoms with E-state index in [2.05, 4.69) is 10.5 Å². The largest absolute Gasteiger partial charge is 0.397 e. The van der Waals surface area contributed by atoms with Crippen LogP contribution in [0.1, 0.15) is 13.8 Å². The van der Waals surface area contributed by atoms with Gasteiger partial charge in [0.25, 0.3) is 7.41 Å². The number of carbonyl (C=O) groups is 1. The summed E-state index contributed by atoms with van der Waals surface area (Å²) in [6.45, 7) is 3.91. The molecule has 1 saturated heterocycles. The maximum atomic E-state index is 11.7. The van der Waals surface area contributed by atoms with E-state index in [1.54, 1.807) is 19.2 Å². The molecule has 1 aliphatic heterocycles. The van der Waals surface area contributed by atoms with E-state index in [1.165, 1.54) is 0 Å². The van der Waals surface area contributed by atoms with Crippen LogP contribution in [0.25, 0.3) is 0 Å². The van der Waals surface area contributed by atoms with E-state index in [1.807, 2.05) is 44.2 Å². The van der Waals surface area contributed by atoms with Crippen LogP contribution in [0.5, 0.6) is 0 Å². The van der Waals surface area contributed by atoms with Gasteiger partial charge in [0, 0.05) is 11.6 Å². The minimum Gasteiger partial charge on any atom is -0.397 e. The van der Waals surface area contributed by atoms with Crippen molar-refractivity contribution < 1.29 is 4.79 Å². The van der Waals surface area contributed by atoms with Gasteiger partial charge in [0.1, 0.15) is 0 Å². The van der Waals surface area contributed by atoms with Crippen LogP contribution >= 0.6 is 11.8 Å². The molecule has 1 fully saturated rings. The zero-order chi connectivity index (χ0) is 12.5. The smallest absolute Gasteiger partial charge is 0.284 e. The summed E-state index contributed by atoms with van der Waals surface area (Å²) in [7, 11) is 1.74. The number of hydrogen-bond donors (Lipinski definition) is 2. The zero-order valence-corrected chi connectivity index (χ0v) is 11.1. The summed E-state index contributed by atoms with van der Waals surface area (Å²) in [6, 6.07) is -0.0650. The van der Waals surface area contributed by atoms with E-state index < -0.39 is 0 Å². The Morgan fingerprint density at radius 3 is 2.88 bits per heavy atom. The topological polar surface area (TPSA) is 41.1 Å². The maximum Gasteiger partial charge on any atom is 0.284 e. The molecule has 1 amide bonds. The predicted octanol–water partition coefficient (Wildman–Crippen LogP) is 1.42. The average Bonchev–Trinajstić information content (AvgIpc) is 2.86. The summed E-state index contributed by atoms with van der Waals surface area (Å²) < 4.78 is 0. The van der Waals surface area contributed by atoms with E-state index >= 15 is 0 Å². The number of carbonyl (C=O) groups excluding carboxylic acids is 1. The lowest BCUT2D eigenvalue weighted by Crippen LogP contribution is -2.43. The van der Waals surface area contributed by atoms with Crippen LogP contribution in [0.2, 0.25) is 0 Å². The number of allylic oxidation sites excluding steroid dienone is 6. The Morgan fingerprint density at radius 2 is 2.29 bits per heavy atom. The second-order valence-electron chi connectivity index (χ2n) is 3.62. The van der Waals surface area contributed by atoms with Gasteiger partial charge in [0.2, 0.25) is 5.91 Å². The van der Waals surface area contributed by atoms with E-state index in [9.17, 15) is 4.79 Å². The van der Waals surface area contributed by atoms with Gasteiger partial charge in [-0.2, -0.15) is 0 Å². The quantitative estimate of drug-likeness (QED) is 0.572. The Balaban J connectivity index is 2.43. The van der Waals surface area contributed by atoms with Gasteiger partial charge in [-0.05, 0) is 13.8 Å². The Labute approximate surface area is 108 Å². The first-order chi connectivity index (χ1) is 8.27. The highest BCUT2D eigenvalue weighted by molar-refractivity contribution is 7.99. The van der Waals surface area contributed by atoms with Crippen molar-refractivity contribution in [1.29, 1.82) is 0 Å². The molecular formula is C12H18BN2OS. The molecule has 0 aromatic rings. The van der Waals surface area contributed by atoms with E-state index in [-0.39, 0.29) is 11.9 Å². The lowest BCUT2D eigenvalue weighted by Gasteiger charge is -2.09. The molecule has 91 valence electrons. The third-order valence-corrected chi connectivity index (χ3v) is 3.19. The first-order valence-electron chi connectivity index (χ1n) is 5.68. The highest BCUT2D eigenvalue weighted by Crippen LogP contribution is 2.09. The van der Waals surface area contributed by atoms with Crippen LogP contribution in [-0.2, 0) is 4.79 Å². The number of thioether (sulfide) groups is 1. The molecule has 5 heteroatoms. The first kappa shape index (κ1) is 14.1. The molecule has 0 aliphatic carbocycles. The molecule has 17 heavy (non-hydrogen) atoms. The van der Waals surface area contributed by atoms with Crippen molar-refractivity contribution in [3.63, 3.8) is 0 Å². The maximum absolute atomic E-state index is 11.7. The second kappa shape index (κ2) is 8.20. The molecule has 3 nitrogen and oxygen atoms in total. The highest BCUT2D eigenvalue weighted by Gasteiger charge is 2.21. The van der Waals surface area contributed by atoms with E-state index in [4.69, 9.17) is 0 Å². The van der Waals surface area contributed by atoms with Gasteiger partial charge >= 0.3 is 0 Å². The zero-order valence-electron chi connectivity index (χ0n) is 10.3. The first-order valence-corrected chi connectivity index (χ1v) is 6.83. The van der Waals surface area contributed by atoms with Crippen LogP contribution in [0, 0.1) is 0 Å². The summed E-state index contributed by atoms with van der Waals surface area (Å²) >= 11 is 1.74. The summed E-state index contributed by atoms with van der Waals surface area (Å²) in [5.41, 5.74) is 0.976. The molecule has 0 unspecified atom stereocenters. The molecular weight excluding hydrogens is 231 g/mol. The third-order valence-electron chi connectivity index (χ3n) is 2.25. The SMILES string of the molecule is C\C=C/C=C([B]NC(=O)[C@H]1CSCN1)\C=C/C. The van der Waals surface area contributed by atoms with Crippen LogP contribution in [0.15, 0.2) is 35.9 Å². The van der Waals surface area contributed by atoms with Crippen molar-refractivity contribution >= 4 is 25.1 Å². The number of nitrogens with one attached hydrogen (secondary N) is 2. The van der Waals surface area contributed by atoms with Gasteiger partial charge in [-0.15, -0.1) is 11.8 Å². The number of rotatable bonds is 5. The van der Waals surface area contributed by atoms with Gasteiger partial charge in [-0.25, -0.2) is 0 Å². The number of amides is 1. The van der Waals surface area contributed by atoms with E-state index in [0.29, 0.717) is 0 Å². The van der Waals surface area contributed by atoms with Crippen molar-refractivity contribution in [3.05, 3.63) is 35.9 Å². The molecule has 0 aromatic heterocycles. The van der Waals surface area contributed by atoms with E-state index in [0.717, 1.165) is 17.1 Å². The summed E-state index contributed by atoms with van der Waals surface area (Å²) in [6.07, 6.45) is 9.76. The minimum absolute atomic E-state index is 0.0332. The Kier molecular flexibility index (Phi) is 6.81. The summed E-state index contributed by atoms with van der Waals surface area (Å²) in [5.74, 6) is 1.73. The molecule has 1 rings (SSSR count). The second-order valence-corrected chi connectivity index (χ2v) is 4.65. The Bertz CT molecular complexity index is 333.